The second-order valence-corrected chi connectivity index (χ2v) is 6.34. The van der Waals surface area contributed by atoms with Crippen LogP contribution in [0.5, 0.6) is 0 Å². The van der Waals surface area contributed by atoms with Crippen LogP contribution in [0, 0.1) is 6.92 Å². The number of rotatable bonds is 4. The van der Waals surface area contributed by atoms with E-state index >= 15 is 0 Å². The van der Waals surface area contributed by atoms with Crippen LogP contribution in [0.4, 0.5) is 11.5 Å². The van der Waals surface area contributed by atoms with E-state index in [4.69, 9.17) is 0 Å². The summed E-state index contributed by atoms with van der Waals surface area (Å²) in [5.41, 5.74) is 1.43. The fourth-order valence-electron chi connectivity index (χ4n) is 1.70. The standard InChI is InChI=1S/C14H15N3O3S/c1-10-7-8-13(15-9-10)16-14(18)11-5-3-4-6-12(11)17-21(2,19)20/h3-9,17H,1-2H3,(H,15,16,18). The lowest BCUT2D eigenvalue weighted by atomic mass is 10.1. The summed E-state index contributed by atoms with van der Waals surface area (Å²) in [4.78, 5) is 16.3. The number of pyridine rings is 1. The Labute approximate surface area is 123 Å². The minimum atomic E-state index is -3.46. The molecule has 0 fully saturated rings. The van der Waals surface area contributed by atoms with E-state index in [0.29, 0.717) is 5.82 Å². The van der Waals surface area contributed by atoms with Crippen molar-refractivity contribution in [1.29, 1.82) is 0 Å². The summed E-state index contributed by atoms with van der Waals surface area (Å²) < 4.78 is 24.9. The Hall–Kier alpha value is -2.41. The highest BCUT2D eigenvalue weighted by Gasteiger charge is 2.14. The monoisotopic (exact) mass is 305 g/mol. The first-order chi connectivity index (χ1) is 9.85. The SMILES string of the molecule is Cc1ccc(NC(=O)c2ccccc2NS(C)(=O)=O)nc1. The number of carbonyl (C=O) groups excluding carboxylic acids is 1. The first-order valence-electron chi connectivity index (χ1n) is 6.16. The Morgan fingerprint density at radius 3 is 2.48 bits per heavy atom. The second-order valence-electron chi connectivity index (χ2n) is 4.59. The predicted octanol–water partition coefficient (Wildman–Crippen LogP) is 2.01. The molecule has 0 aliphatic rings. The molecule has 6 nitrogen and oxygen atoms in total. The molecule has 21 heavy (non-hydrogen) atoms. The molecule has 1 amide bonds. The van der Waals surface area contributed by atoms with Crippen LogP contribution in [-0.4, -0.2) is 25.6 Å². The van der Waals surface area contributed by atoms with E-state index in [1.807, 2.05) is 13.0 Å². The van der Waals surface area contributed by atoms with Crippen molar-refractivity contribution in [2.45, 2.75) is 6.92 Å². The second kappa shape index (κ2) is 5.92. The highest BCUT2D eigenvalue weighted by Crippen LogP contribution is 2.17. The van der Waals surface area contributed by atoms with Crippen LogP contribution in [0.3, 0.4) is 0 Å². The highest BCUT2D eigenvalue weighted by atomic mass is 32.2. The Bertz CT molecular complexity index is 755. The molecule has 0 unspecified atom stereocenters. The van der Waals surface area contributed by atoms with Gasteiger partial charge in [-0.05, 0) is 30.7 Å². The summed E-state index contributed by atoms with van der Waals surface area (Å²) in [7, 11) is -3.46. The molecule has 0 bridgehead atoms. The molecule has 1 aromatic carbocycles. The number of anilines is 2. The molecule has 1 aromatic heterocycles. The van der Waals surface area contributed by atoms with E-state index in [0.717, 1.165) is 11.8 Å². The van der Waals surface area contributed by atoms with E-state index in [-0.39, 0.29) is 11.3 Å². The molecule has 0 saturated carbocycles. The van der Waals surface area contributed by atoms with Crippen LogP contribution < -0.4 is 10.0 Å². The zero-order chi connectivity index (χ0) is 15.5. The Morgan fingerprint density at radius 2 is 1.86 bits per heavy atom. The summed E-state index contributed by atoms with van der Waals surface area (Å²) >= 11 is 0. The fraction of sp³-hybridized carbons (Fsp3) is 0.143. The molecule has 0 aliphatic heterocycles. The van der Waals surface area contributed by atoms with Crippen molar-refractivity contribution >= 4 is 27.4 Å². The molecule has 0 saturated heterocycles. The van der Waals surface area contributed by atoms with Gasteiger partial charge in [-0.3, -0.25) is 9.52 Å². The molecular weight excluding hydrogens is 290 g/mol. The predicted molar refractivity (Wildman–Crippen MR) is 81.8 cm³/mol. The van der Waals surface area contributed by atoms with E-state index in [1.54, 1.807) is 24.4 Å². The number of nitrogens with one attached hydrogen (secondary N) is 2. The van der Waals surface area contributed by atoms with Crippen molar-refractivity contribution in [3.05, 3.63) is 53.7 Å². The average Bonchev–Trinajstić information content (AvgIpc) is 2.40. The molecule has 1 heterocycles. The van der Waals surface area contributed by atoms with Crippen molar-refractivity contribution in [3.8, 4) is 0 Å². The zero-order valence-corrected chi connectivity index (χ0v) is 12.4. The molecule has 2 rings (SSSR count). The first kappa shape index (κ1) is 15.0. The largest absolute Gasteiger partial charge is 0.306 e. The molecule has 7 heteroatoms. The molecule has 2 aromatic rings. The number of nitrogens with zero attached hydrogens (tertiary/aromatic N) is 1. The maximum absolute atomic E-state index is 12.2. The van der Waals surface area contributed by atoms with Crippen LogP contribution in [-0.2, 0) is 10.0 Å². The molecule has 0 spiro atoms. The molecule has 2 N–H and O–H groups in total. The first-order valence-corrected chi connectivity index (χ1v) is 8.05. The van der Waals surface area contributed by atoms with Crippen LogP contribution in [0.25, 0.3) is 0 Å². The summed E-state index contributed by atoms with van der Waals surface area (Å²) in [6, 6.07) is 9.87. The number of amides is 1. The van der Waals surface area contributed by atoms with E-state index < -0.39 is 15.9 Å². The van der Waals surface area contributed by atoms with E-state index in [2.05, 4.69) is 15.0 Å². The van der Waals surface area contributed by atoms with Gasteiger partial charge in [-0.2, -0.15) is 0 Å². The molecule has 110 valence electrons. The van der Waals surface area contributed by atoms with Crippen molar-refractivity contribution < 1.29 is 13.2 Å². The molecule has 0 radical (unpaired) electrons. The minimum absolute atomic E-state index is 0.226. The lowest BCUT2D eigenvalue weighted by molar-refractivity contribution is 0.102. The van der Waals surface area contributed by atoms with Crippen LogP contribution in [0.2, 0.25) is 0 Å². The van der Waals surface area contributed by atoms with Gasteiger partial charge in [0.2, 0.25) is 10.0 Å². The van der Waals surface area contributed by atoms with Gasteiger partial charge in [-0.25, -0.2) is 13.4 Å². The minimum Gasteiger partial charge on any atom is -0.306 e. The van der Waals surface area contributed by atoms with Crippen LogP contribution in [0.15, 0.2) is 42.6 Å². The number of carbonyl (C=O) groups is 1. The quantitative estimate of drug-likeness (QED) is 0.904. The number of hydrogen-bond acceptors (Lipinski definition) is 4. The summed E-state index contributed by atoms with van der Waals surface area (Å²) in [6.07, 6.45) is 2.67. The van der Waals surface area contributed by atoms with Crippen molar-refractivity contribution in [2.24, 2.45) is 0 Å². The van der Waals surface area contributed by atoms with Crippen molar-refractivity contribution in [1.82, 2.24) is 4.98 Å². The van der Waals surface area contributed by atoms with Gasteiger partial charge in [0.05, 0.1) is 17.5 Å². The normalized spacial score (nSPS) is 11.0. The Kier molecular flexibility index (Phi) is 4.23. The summed E-state index contributed by atoms with van der Waals surface area (Å²) in [5.74, 6) is -0.0298. The number of hydrogen-bond donors (Lipinski definition) is 2. The lowest BCUT2D eigenvalue weighted by Crippen LogP contribution is -2.17. The summed E-state index contributed by atoms with van der Waals surface area (Å²) in [6.45, 7) is 1.89. The van der Waals surface area contributed by atoms with Crippen molar-refractivity contribution in [2.75, 3.05) is 16.3 Å². The topological polar surface area (TPSA) is 88.2 Å². The lowest BCUT2D eigenvalue weighted by Gasteiger charge is -2.10. The molecule has 0 aliphatic carbocycles. The zero-order valence-electron chi connectivity index (χ0n) is 11.6. The third-order valence-corrected chi connectivity index (χ3v) is 3.21. The molecular formula is C14H15N3O3S. The third-order valence-electron chi connectivity index (χ3n) is 2.62. The number of sulfonamides is 1. The maximum Gasteiger partial charge on any atom is 0.258 e. The van der Waals surface area contributed by atoms with Gasteiger partial charge in [-0.15, -0.1) is 0 Å². The number of aryl methyl sites for hydroxylation is 1. The van der Waals surface area contributed by atoms with E-state index in [9.17, 15) is 13.2 Å². The Balaban J connectivity index is 2.25. The van der Waals surface area contributed by atoms with E-state index in [1.165, 1.54) is 12.1 Å². The Morgan fingerprint density at radius 1 is 1.14 bits per heavy atom. The van der Waals surface area contributed by atoms with Gasteiger partial charge >= 0.3 is 0 Å². The van der Waals surface area contributed by atoms with Crippen LogP contribution in [0.1, 0.15) is 15.9 Å². The van der Waals surface area contributed by atoms with Gasteiger partial charge in [0.25, 0.3) is 5.91 Å². The number of benzene rings is 1. The maximum atomic E-state index is 12.2. The smallest absolute Gasteiger partial charge is 0.258 e. The van der Waals surface area contributed by atoms with Gasteiger partial charge in [0, 0.05) is 6.20 Å². The third kappa shape index (κ3) is 4.28. The average molecular weight is 305 g/mol. The van der Waals surface area contributed by atoms with Crippen molar-refractivity contribution in [3.63, 3.8) is 0 Å². The fourth-order valence-corrected chi connectivity index (χ4v) is 2.27. The van der Waals surface area contributed by atoms with Gasteiger partial charge in [-0.1, -0.05) is 18.2 Å². The molecule has 0 atom stereocenters. The van der Waals surface area contributed by atoms with Crippen LogP contribution >= 0.6 is 0 Å². The number of aromatic nitrogens is 1. The number of para-hydroxylation sites is 1. The summed E-state index contributed by atoms with van der Waals surface area (Å²) in [5, 5.41) is 2.63. The van der Waals surface area contributed by atoms with Gasteiger partial charge in [0.15, 0.2) is 0 Å². The highest BCUT2D eigenvalue weighted by molar-refractivity contribution is 7.92. The van der Waals surface area contributed by atoms with Gasteiger partial charge in [0.1, 0.15) is 5.82 Å². The van der Waals surface area contributed by atoms with Gasteiger partial charge < -0.3 is 5.32 Å².